The molecule has 0 radical (unpaired) electrons. The van der Waals surface area contributed by atoms with E-state index < -0.39 is 0 Å². The van der Waals surface area contributed by atoms with Crippen LogP contribution < -0.4 is 4.90 Å². The number of carbonyl (C=O) groups excluding carboxylic acids is 1. The Morgan fingerprint density at radius 1 is 1.41 bits per heavy atom. The summed E-state index contributed by atoms with van der Waals surface area (Å²) in [4.78, 5) is 19.7. The maximum Gasteiger partial charge on any atom is 0.222 e. The monoisotopic (exact) mass is 253 g/mol. The topological polar surface area (TPSA) is 36.4 Å². The van der Waals surface area contributed by atoms with Crippen LogP contribution in [0.3, 0.4) is 0 Å². The minimum Gasteiger partial charge on any atom is -0.368 e. The van der Waals surface area contributed by atoms with Crippen molar-refractivity contribution in [3.05, 3.63) is 23.5 Å². The number of carbonyl (C=O) groups is 1. The molecule has 17 heavy (non-hydrogen) atoms. The number of hydrogen-bond acceptors (Lipinski definition) is 3. The van der Waals surface area contributed by atoms with Crippen molar-refractivity contribution in [3.63, 3.8) is 0 Å². The fourth-order valence-corrected chi connectivity index (χ4v) is 2.19. The molecule has 0 saturated carbocycles. The lowest BCUT2D eigenvalue weighted by Gasteiger charge is -2.36. The zero-order chi connectivity index (χ0) is 12.3. The van der Waals surface area contributed by atoms with E-state index in [1.807, 2.05) is 24.0 Å². The van der Waals surface area contributed by atoms with Gasteiger partial charge < -0.3 is 9.80 Å². The Hall–Kier alpha value is -1.29. The summed E-state index contributed by atoms with van der Waals surface area (Å²) in [6, 6.07) is 3.81. The molecule has 5 heteroatoms. The Balaban J connectivity index is 1.97. The molecule has 1 aliphatic rings. The first-order valence-electron chi connectivity index (χ1n) is 5.85. The van der Waals surface area contributed by atoms with E-state index in [-0.39, 0.29) is 5.91 Å². The molecule has 2 rings (SSSR count). The maximum atomic E-state index is 11.5. The van der Waals surface area contributed by atoms with Gasteiger partial charge in [0.2, 0.25) is 5.91 Å². The zero-order valence-electron chi connectivity index (χ0n) is 9.90. The van der Waals surface area contributed by atoms with E-state index >= 15 is 0 Å². The van der Waals surface area contributed by atoms with Crippen LogP contribution in [0.4, 0.5) is 5.69 Å². The quantitative estimate of drug-likeness (QED) is 0.754. The van der Waals surface area contributed by atoms with Crippen LogP contribution >= 0.6 is 11.6 Å². The molecule has 4 nitrogen and oxygen atoms in total. The van der Waals surface area contributed by atoms with Crippen LogP contribution in [0.2, 0.25) is 5.15 Å². The van der Waals surface area contributed by atoms with E-state index in [2.05, 4.69) is 9.88 Å². The van der Waals surface area contributed by atoms with Crippen LogP contribution in [0.5, 0.6) is 0 Å². The molecule has 1 aromatic rings. The van der Waals surface area contributed by atoms with E-state index in [4.69, 9.17) is 11.6 Å². The number of nitrogens with zero attached hydrogens (tertiary/aromatic N) is 3. The first-order chi connectivity index (χ1) is 8.20. The highest BCUT2D eigenvalue weighted by Crippen LogP contribution is 2.19. The number of aromatic nitrogens is 1. The second-order valence-corrected chi connectivity index (χ2v) is 4.45. The van der Waals surface area contributed by atoms with Gasteiger partial charge in [0.15, 0.2) is 0 Å². The van der Waals surface area contributed by atoms with Gasteiger partial charge in [0.1, 0.15) is 5.15 Å². The van der Waals surface area contributed by atoms with Crippen LogP contribution in [0, 0.1) is 0 Å². The Bertz CT molecular complexity index is 402. The van der Waals surface area contributed by atoms with Gasteiger partial charge in [0.05, 0.1) is 0 Å². The number of amides is 1. The van der Waals surface area contributed by atoms with Gasteiger partial charge in [0, 0.05) is 44.5 Å². The highest BCUT2D eigenvalue weighted by atomic mass is 35.5. The standard InChI is InChI=1S/C12H16ClN3O/c1-2-12(17)16-7-5-15(6-8-16)10-3-4-14-11(13)9-10/h3-4,9H,2,5-8H2,1H3. The van der Waals surface area contributed by atoms with E-state index in [1.165, 1.54) is 0 Å². The second-order valence-electron chi connectivity index (χ2n) is 4.06. The van der Waals surface area contributed by atoms with Crippen molar-refractivity contribution in [2.45, 2.75) is 13.3 Å². The van der Waals surface area contributed by atoms with Crippen molar-refractivity contribution in [3.8, 4) is 0 Å². The van der Waals surface area contributed by atoms with Crippen molar-refractivity contribution in [2.75, 3.05) is 31.1 Å². The summed E-state index contributed by atoms with van der Waals surface area (Å²) >= 11 is 5.86. The molecule has 1 saturated heterocycles. The lowest BCUT2D eigenvalue weighted by Crippen LogP contribution is -2.48. The van der Waals surface area contributed by atoms with Crippen molar-refractivity contribution < 1.29 is 4.79 Å². The highest BCUT2D eigenvalue weighted by molar-refractivity contribution is 6.29. The number of halogens is 1. The molecule has 0 bridgehead atoms. The summed E-state index contributed by atoms with van der Waals surface area (Å²) in [6.07, 6.45) is 2.29. The summed E-state index contributed by atoms with van der Waals surface area (Å²) in [5.74, 6) is 0.234. The Morgan fingerprint density at radius 3 is 2.71 bits per heavy atom. The fourth-order valence-electron chi connectivity index (χ4n) is 2.03. The van der Waals surface area contributed by atoms with E-state index in [0.717, 1.165) is 31.9 Å². The molecule has 0 spiro atoms. The van der Waals surface area contributed by atoms with Crippen molar-refractivity contribution >= 4 is 23.2 Å². The van der Waals surface area contributed by atoms with Crippen LogP contribution in [-0.2, 0) is 4.79 Å². The van der Waals surface area contributed by atoms with Gasteiger partial charge in [-0.3, -0.25) is 4.79 Å². The van der Waals surface area contributed by atoms with Gasteiger partial charge >= 0.3 is 0 Å². The Morgan fingerprint density at radius 2 is 2.12 bits per heavy atom. The predicted octanol–water partition coefficient (Wildman–Crippen LogP) is 1.79. The molecular formula is C12H16ClN3O. The zero-order valence-corrected chi connectivity index (χ0v) is 10.7. The number of hydrogen-bond donors (Lipinski definition) is 0. The first kappa shape index (κ1) is 12.2. The highest BCUT2D eigenvalue weighted by Gasteiger charge is 2.20. The smallest absolute Gasteiger partial charge is 0.222 e. The summed E-state index contributed by atoms with van der Waals surface area (Å²) < 4.78 is 0. The van der Waals surface area contributed by atoms with Gasteiger partial charge in [-0.15, -0.1) is 0 Å². The van der Waals surface area contributed by atoms with E-state index in [0.29, 0.717) is 11.6 Å². The Labute approximate surface area is 106 Å². The van der Waals surface area contributed by atoms with Crippen LogP contribution in [0.25, 0.3) is 0 Å². The third-order valence-corrected chi connectivity index (χ3v) is 3.22. The van der Waals surface area contributed by atoms with Gasteiger partial charge in [-0.25, -0.2) is 4.98 Å². The molecule has 0 N–H and O–H groups in total. The minimum absolute atomic E-state index is 0.234. The van der Waals surface area contributed by atoms with Gasteiger partial charge in [0.25, 0.3) is 0 Å². The SMILES string of the molecule is CCC(=O)N1CCN(c2ccnc(Cl)c2)CC1. The van der Waals surface area contributed by atoms with Gasteiger partial charge in [-0.1, -0.05) is 18.5 Å². The lowest BCUT2D eigenvalue weighted by atomic mass is 10.2. The summed E-state index contributed by atoms with van der Waals surface area (Å²) in [7, 11) is 0. The number of rotatable bonds is 2. The summed E-state index contributed by atoms with van der Waals surface area (Å²) in [5.41, 5.74) is 1.08. The second kappa shape index (κ2) is 5.36. The molecule has 0 unspecified atom stereocenters. The molecule has 0 aromatic carbocycles. The molecular weight excluding hydrogens is 238 g/mol. The maximum absolute atomic E-state index is 11.5. The van der Waals surface area contributed by atoms with Gasteiger partial charge in [-0.05, 0) is 12.1 Å². The van der Waals surface area contributed by atoms with Crippen molar-refractivity contribution in [1.82, 2.24) is 9.88 Å². The fraction of sp³-hybridized carbons (Fsp3) is 0.500. The largest absolute Gasteiger partial charge is 0.368 e. The predicted molar refractivity (Wildman–Crippen MR) is 68.3 cm³/mol. The van der Waals surface area contributed by atoms with E-state index in [9.17, 15) is 4.79 Å². The average molecular weight is 254 g/mol. The van der Waals surface area contributed by atoms with E-state index in [1.54, 1.807) is 6.20 Å². The molecule has 2 heterocycles. The van der Waals surface area contributed by atoms with Crippen LogP contribution in [-0.4, -0.2) is 42.0 Å². The van der Waals surface area contributed by atoms with Crippen LogP contribution in [0.1, 0.15) is 13.3 Å². The summed E-state index contributed by atoms with van der Waals surface area (Å²) in [6.45, 7) is 5.18. The van der Waals surface area contributed by atoms with Gasteiger partial charge in [-0.2, -0.15) is 0 Å². The number of pyridine rings is 1. The Kier molecular flexibility index (Phi) is 3.84. The molecule has 1 aromatic heterocycles. The number of piperazine rings is 1. The average Bonchev–Trinajstić information content (AvgIpc) is 2.38. The normalized spacial score (nSPS) is 16.1. The number of anilines is 1. The molecule has 0 atom stereocenters. The van der Waals surface area contributed by atoms with Crippen LogP contribution in [0.15, 0.2) is 18.3 Å². The summed E-state index contributed by atoms with van der Waals surface area (Å²) in [5, 5.41) is 0.509. The molecule has 0 aliphatic carbocycles. The van der Waals surface area contributed by atoms with Crippen molar-refractivity contribution in [1.29, 1.82) is 0 Å². The third-order valence-electron chi connectivity index (χ3n) is 3.01. The molecule has 92 valence electrons. The van der Waals surface area contributed by atoms with Crippen molar-refractivity contribution in [2.24, 2.45) is 0 Å². The minimum atomic E-state index is 0.234. The molecule has 1 amide bonds. The molecule has 1 fully saturated rings. The first-order valence-corrected chi connectivity index (χ1v) is 6.23. The third kappa shape index (κ3) is 2.88. The lowest BCUT2D eigenvalue weighted by molar-refractivity contribution is -0.131. The molecule has 1 aliphatic heterocycles.